The minimum Gasteiger partial charge on any atom is -0.466 e. The average Bonchev–Trinajstić information content (AvgIpc) is 2.98. The van der Waals surface area contributed by atoms with E-state index < -0.39 is 23.5 Å². The largest absolute Gasteiger partial charge is 0.466 e. The van der Waals surface area contributed by atoms with Gasteiger partial charge in [0, 0.05) is 24.3 Å². The van der Waals surface area contributed by atoms with Crippen LogP contribution in [-0.4, -0.2) is 23.1 Å². The van der Waals surface area contributed by atoms with E-state index in [2.05, 4.69) is 5.32 Å². The molecule has 7 heteroatoms. The van der Waals surface area contributed by atoms with Crippen LogP contribution in [0.25, 0.3) is 10.9 Å². The molecule has 2 aromatic carbocycles. The molecule has 1 heterocycles. The zero-order chi connectivity index (χ0) is 20.4. The van der Waals surface area contributed by atoms with Crippen LogP contribution in [0.4, 0.5) is 14.5 Å². The van der Waals surface area contributed by atoms with E-state index in [9.17, 15) is 18.4 Å². The molecule has 0 aliphatic rings. The van der Waals surface area contributed by atoms with Gasteiger partial charge < -0.3 is 14.6 Å². The molecule has 1 amide bonds. The topological polar surface area (TPSA) is 60.3 Å². The highest BCUT2D eigenvalue weighted by Crippen LogP contribution is 2.26. The molecule has 5 nitrogen and oxygen atoms in total. The van der Waals surface area contributed by atoms with E-state index in [-0.39, 0.29) is 35.2 Å². The van der Waals surface area contributed by atoms with Crippen LogP contribution in [0, 0.1) is 18.6 Å². The third-order valence-corrected chi connectivity index (χ3v) is 4.49. The van der Waals surface area contributed by atoms with Gasteiger partial charge in [0.1, 0.15) is 11.6 Å². The average molecular weight is 386 g/mol. The number of aryl methyl sites for hydroxylation is 2. The number of nitrogens with one attached hydrogen (secondary N) is 1. The summed E-state index contributed by atoms with van der Waals surface area (Å²) in [7, 11) is 1.72. The Labute approximate surface area is 160 Å². The number of rotatable bonds is 5. The van der Waals surface area contributed by atoms with Crippen molar-refractivity contribution in [3.63, 3.8) is 0 Å². The van der Waals surface area contributed by atoms with Crippen molar-refractivity contribution in [3.05, 3.63) is 64.9 Å². The quantitative estimate of drug-likeness (QED) is 0.671. The van der Waals surface area contributed by atoms with E-state index >= 15 is 0 Å². The highest BCUT2D eigenvalue weighted by Gasteiger charge is 2.19. The highest BCUT2D eigenvalue weighted by atomic mass is 19.1. The Balaban J connectivity index is 1.89. The van der Waals surface area contributed by atoms with Gasteiger partial charge in [-0.3, -0.25) is 9.59 Å². The van der Waals surface area contributed by atoms with Crippen LogP contribution in [0.1, 0.15) is 28.4 Å². The van der Waals surface area contributed by atoms with Gasteiger partial charge in [0.2, 0.25) is 0 Å². The Hall–Kier alpha value is -3.22. The number of anilines is 1. The smallest absolute Gasteiger partial charge is 0.310 e. The fourth-order valence-corrected chi connectivity index (χ4v) is 3.14. The number of benzene rings is 2. The van der Waals surface area contributed by atoms with Crippen LogP contribution in [0.3, 0.4) is 0 Å². The number of amides is 1. The van der Waals surface area contributed by atoms with Crippen LogP contribution >= 0.6 is 0 Å². The van der Waals surface area contributed by atoms with Crippen LogP contribution in [0.2, 0.25) is 0 Å². The molecule has 0 atom stereocenters. The predicted octanol–water partition coefficient (Wildman–Crippen LogP) is 4.12. The molecule has 0 saturated carbocycles. The summed E-state index contributed by atoms with van der Waals surface area (Å²) in [5, 5.41) is 2.84. The molecule has 0 aliphatic heterocycles. The van der Waals surface area contributed by atoms with E-state index in [0.29, 0.717) is 11.1 Å². The van der Waals surface area contributed by atoms with Gasteiger partial charge in [0.05, 0.1) is 24.1 Å². The lowest BCUT2D eigenvalue weighted by Gasteiger charge is -2.11. The Morgan fingerprint density at radius 3 is 2.64 bits per heavy atom. The van der Waals surface area contributed by atoms with E-state index in [1.54, 1.807) is 37.6 Å². The minimum atomic E-state index is -0.627. The van der Waals surface area contributed by atoms with Gasteiger partial charge >= 0.3 is 5.97 Å². The number of halogens is 2. The second kappa shape index (κ2) is 7.80. The molecule has 0 fully saturated rings. The fraction of sp³-hybridized carbons (Fsp3) is 0.238. The van der Waals surface area contributed by atoms with Crippen LogP contribution in [0.15, 0.2) is 36.5 Å². The lowest BCUT2D eigenvalue weighted by Crippen LogP contribution is -2.14. The van der Waals surface area contributed by atoms with Gasteiger partial charge in [-0.1, -0.05) is 12.1 Å². The second-order valence-electron chi connectivity index (χ2n) is 6.48. The summed E-state index contributed by atoms with van der Waals surface area (Å²) in [5.41, 5.74) is 1.76. The summed E-state index contributed by atoms with van der Waals surface area (Å²) >= 11 is 0. The number of nitrogens with zero attached hydrogens (tertiary/aromatic N) is 1. The number of hydrogen-bond acceptors (Lipinski definition) is 3. The third-order valence-electron chi connectivity index (χ3n) is 4.49. The SMILES string of the molecule is CCOC(=O)Cc1cc(C)c(NC(=O)c2cn(C)c3cccc(F)c23)cc1F. The molecule has 0 radical (unpaired) electrons. The lowest BCUT2D eigenvalue weighted by atomic mass is 10.1. The standard InChI is InChI=1S/C21H20F2N2O3/c1-4-28-19(26)9-13-8-12(2)17(10-16(13)23)24-21(27)14-11-25(3)18-7-5-6-15(22)20(14)18/h5-8,10-11H,4,9H2,1-3H3,(H,24,27). The van der Waals surface area contributed by atoms with Crippen molar-refractivity contribution in [2.45, 2.75) is 20.3 Å². The molecule has 0 bridgehead atoms. The summed E-state index contributed by atoms with van der Waals surface area (Å²) in [6.45, 7) is 3.58. The number of carbonyl (C=O) groups is 2. The number of carbonyl (C=O) groups excluding carboxylic acids is 2. The molecule has 0 saturated heterocycles. The van der Waals surface area contributed by atoms with Gasteiger partial charge in [-0.15, -0.1) is 0 Å². The van der Waals surface area contributed by atoms with Gasteiger partial charge in [0.15, 0.2) is 0 Å². The highest BCUT2D eigenvalue weighted by molar-refractivity contribution is 6.13. The number of hydrogen-bond donors (Lipinski definition) is 1. The van der Waals surface area contributed by atoms with E-state index in [1.807, 2.05) is 0 Å². The number of aromatic nitrogens is 1. The maximum Gasteiger partial charge on any atom is 0.310 e. The molecule has 0 aliphatic carbocycles. The monoisotopic (exact) mass is 386 g/mol. The minimum absolute atomic E-state index is 0.158. The van der Waals surface area contributed by atoms with Gasteiger partial charge in [-0.2, -0.15) is 0 Å². The first-order valence-electron chi connectivity index (χ1n) is 8.81. The summed E-state index contributed by atoms with van der Waals surface area (Å²) in [6, 6.07) is 7.22. The zero-order valence-electron chi connectivity index (χ0n) is 15.8. The molecule has 146 valence electrons. The second-order valence-corrected chi connectivity index (χ2v) is 6.48. The van der Waals surface area contributed by atoms with Crippen molar-refractivity contribution in [1.82, 2.24) is 4.57 Å². The molecular formula is C21H20F2N2O3. The molecular weight excluding hydrogens is 366 g/mol. The molecule has 0 spiro atoms. The molecule has 3 aromatic rings. The lowest BCUT2D eigenvalue weighted by molar-refractivity contribution is -0.142. The van der Waals surface area contributed by atoms with E-state index in [1.165, 1.54) is 18.3 Å². The molecule has 3 rings (SSSR count). The molecule has 0 unspecified atom stereocenters. The Kier molecular flexibility index (Phi) is 5.44. The molecule has 1 aromatic heterocycles. The van der Waals surface area contributed by atoms with Crippen molar-refractivity contribution in [3.8, 4) is 0 Å². The fourth-order valence-electron chi connectivity index (χ4n) is 3.14. The van der Waals surface area contributed by atoms with Crippen molar-refractivity contribution < 1.29 is 23.1 Å². The van der Waals surface area contributed by atoms with Crippen LogP contribution < -0.4 is 5.32 Å². The first-order chi connectivity index (χ1) is 13.3. The van der Waals surface area contributed by atoms with Crippen molar-refractivity contribution in [2.75, 3.05) is 11.9 Å². The maximum atomic E-state index is 14.4. The number of fused-ring (bicyclic) bond motifs is 1. The zero-order valence-corrected chi connectivity index (χ0v) is 15.8. The van der Waals surface area contributed by atoms with Crippen LogP contribution in [0.5, 0.6) is 0 Å². The van der Waals surface area contributed by atoms with Gasteiger partial charge in [0.25, 0.3) is 5.91 Å². The molecule has 1 N–H and O–H groups in total. The first kappa shape index (κ1) is 19.5. The number of esters is 1. The number of ether oxygens (including phenoxy) is 1. The maximum absolute atomic E-state index is 14.4. The van der Waals surface area contributed by atoms with Crippen LogP contribution in [-0.2, 0) is 23.0 Å². The Morgan fingerprint density at radius 2 is 1.93 bits per heavy atom. The van der Waals surface area contributed by atoms with Gasteiger partial charge in [-0.25, -0.2) is 8.78 Å². The summed E-state index contributed by atoms with van der Waals surface area (Å²) < 4.78 is 35.1. The third kappa shape index (κ3) is 3.74. The van der Waals surface area contributed by atoms with E-state index in [0.717, 1.165) is 6.07 Å². The summed E-state index contributed by atoms with van der Waals surface area (Å²) in [4.78, 5) is 24.3. The van der Waals surface area contributed by atoms with E-state index in [4.69, 9.17) is 4.74 Å². The van der Waals surface area contributed by atoms with Crippen molar-refractivity contribution in [1.29, 1.82) is 0 Å². The van der Waals surface area contributed by atoms with Gasteiger partial charge in [-0.05, 0) is 43.2 Å². The summed E-state index contributed by atoms with van der Waals surface area (Å²) in [5.74, 6) is -2.20. The van der Waals surface area contributed by atoms with Crippen molar-refractivity contribution in [2.24, 2.45) is 7.05 Å². The normalized spacial score (nSPS) is 10.9. The van der Waals surface area contributed by atoms with Crippen molar-refractivity contribution >= 4 is 28.5 Å². The predicted molar refractivity (Wildman–Crippen MR) is 102 cm³/mol. The first-order valence-corrected chi connectivity index (χ1v) is 8.81. The Bertz CT molecular complexity index is 1070. The Morgan fingerprint density at radius 1 is 1.18 bits per heavy atom. The summed E-state index contributed by atoms with van der Waals surface area (Å²) in [6.07, 6.45) is 1.34. The molecule has 28 heavy (non-hydrogen) atoms.